The molecule has 11 nitrogen and oxygen atoms in total. The number of likely N-dealkylation sites (N-methyl/N-ethyl adjacent to an activating group) is 1. The number of hydrogen-bond acceptors (Lipinski definition) is 11. The van der Waals surface area contributed by atoms with E-state index < -0.39 is 64.4 Å². The molecule has 3 saturated carbocycles. The van der Waals surface area contributed by atoms with Crippen molar-refractivity contribution in [2.45, 2.75) is 91.2 Å². The lowest BCUT2D eigenvalue weighted by Crippen LogP contribution is -2.69. The van der Waals surface area contributed by atoms with Crippen LogP contribution in [0.15, 0.2) is 98.6 Å². The number of alkyl halides is 6. The number of rotatable bonds is 18. The van der Waals surface area contributed by atoms with Gasteiger partial charge in [0.1, 0.15) is 4.90 Å². The Balaban J connectivity index is 1.00. The van der Waals surface area contributed by atoms with Gasteiger partial charge in [-0.3, -0.25) is 9.69 Å². The number of aliphatic hydroxyl groups excluding tert-OH is 1. The number of allylic oxidation sites excluding steroid dienone is 1. The molecule has 66 heavy (non-hydrogen) atoms. The number of amides is 1. The first-order valence-electron chi connectivity index (χ1n) is 22.0. The number of hydrogen-bond donors (Lipinski definition) is 3. The Bertz CT molecular complexity index is 2480. The van der Waals surface area contributed by atoms with Crippen molar-refractivity contribution in [3.63, 3.8) is 0 Å². The van der Waals surface area contributed by atoms with Crippen molar-refractivity contribution in [2.24, 2.45) is 16.2 Å². The maximum atomic E-state index is 14.1. The van der Waals surface area contributed by atoms with E-state index in [1.807, 2.05) is 35.1 Å². The molecule has 1 atom stereocenters. The second kappa shape index (κ2) is 18.9. The van der Waals surface area contributed by atoms with Crippen molar-refractivity contribution in [2.75, 3.05) is 75.4 Å². The summed E-state index contributed by atoms with van der Waals surface area (Å²) in [7, 11) is -9.25. The summed E-state index contributed by atoms with van der Waals surface area (Å²) in [5.74, 6) is -0.783. The summed E-state index contributed by atoms with van der Waals surface area (Å²) in [4.78, 5) is 18.2. The van der Waals surface area contributed by atoms with E-state index in [2.05, 4.69) is 29.0 Å². The number of nitrogens with one attached hydrogen (secondary N) is 2. The van der Waals surface area contributed by atoms with E-state index in [9.17, 15) is 53.1 Å². The molecule has 3 aromatic carbocycles. The second-order valence-corrected chi connectivity index (χ2v) is 23.8. The maximum absolute atomic E-state index is 14.1. The number of aliphatic hydroxyl groups is 1. The highest BCUT2D eigenvalue weighted by molar-refractivity contribution is 7.99. The van der Waals surface area contributed by atoms with E-state index in [1.165, 1.54) is 35.0 Å². The molecule has 5 aliphatic rings. The zero-order valence-corrected chi connectivity index (χ0v) is 39.6. The lowest BCUT2D eigenvalue weighted by atomic mass is 9.31. The molecule has 0 aromatic heterocycles. The topological polar surface area (TPSA) is 139 Å². The van der Waals surface area contributed by atoms with Gasteiger partial charge in [-0.1, -0.05) is 43.2 Å². The van der Waals surface area contributed by atoms with Gasteiger partial charge >= 0.3 is 11.7 Å². The van der Waals surface area contributed by atoms with Crippen molar-refractivity contribution in [3.8, 4) is 0 Å². The summed E-state index contributed by atoms with van der Waals surface area (Å²) in [6.45, 7) is 8.38. The quantitative estimate of drug-likeness (QED) is 0.0644. The Hall–Kier alpha value is -3.82. The number of benzene rings is 3. The highest BCUT2D eigenvalue weighted by Gasteiger charge is 2.79. The molecule has 4 fully saturated rings. The van der Waals surface area contributed by atoms with Gasteiger partial charge in [-0.05, 0) is 124 Å². The van der Waals surface area contributed by atoms with Gasteiger partial charge in [-0.15, -0.1) is 11.8 Å². The van der Waals surface area contributed by atoms with E-state index in [1.54, 1.807) is 24.1 Å². The molecule has 20 heteroatoms. The zero-order valence-electron chi connectivity index (χ0n) is 37.1. The Labute approximate surface area is 387 Å². The molecule has 2 bridgehead atoms. The maximum Gasteiger partial charge on any atom is 0.501 e. The number of thioether (sulfide) groups is 1. The van der Waals surface area contributed by atoms with Crippen LogP contribution in [0.4, 0.5) is 37.7 Å². The first kappa shape index (κ1) is 50.1. The van der Waals surface area contributed by atoms with Crippen molar-refractivity contribution < 1.29 is 53.1 Å². The van der Waals surface area contributed by atoms with Crippen LogP contribution in [0.3, 0.4) is 0 Å². The predicted octanol–water partition coefficient (Wildman–Crippen LogP) is 8.35. The average molecular weight is 986 g/mol. The smallest absolute Gasteiger partial charge is 0.395 e. The standard InChI is InChI=1S/C46H57F6N5O6S3/c1-42(2)17-15-33(38(26-42)43-29-44(30-43,31-43)45(47,48)49)27-56-19-21-57(22-20-56)35-11-9-32(10-12-35)41(59)54-66(62,63)37-13-14-39(40(25-37)65(60,61)46(50,51)52)53-34(16-18-55(3)23-24-58)28-64-36-7-5-4-6-8-36/h4-14,25,34,53,58H,15-24,26-31H2,1-3H3,(H,54,59)/t34-,43?,44?/m1/s1. The molecule has 362 valence electrons. The molecular formula is C46H57F6N5O6S3. The van der Waals surface area contributed by atoms with Gasteiger partial charge in [0.05, 0.1) is 22.6 Å². The molecule has 1 aliphatic heterocycles. The largest absolute Gasteiger partial charge is 0.501 e. The molecule has 8 rings (SSSR count). The zero-order chi connectivity index (χ0) is 47.9. The number of carbonyl (C=O) groups is 1. The van der Waals surface area contributed by atoms with Gasteiger partial charge in [-0.2, -0.15) is 26.3 Å². The van der Waals surface area contributed by atoms with Crippen LogP contribution in [-0.2, 0) is 19.9 Å². The average Bonchev–Trinajstić information content (AvgIpc) is 3.21. The van der Waals surface area contributed by atoms with Crippen molar-refractivity contribution in [3.05, 3.63) is 89.5 Å². The van der Waals surface area contributed by atoms with E-state index >= 15 is 0 Å². The summed E-state index contributed by atoms with van der Waals surface area (Å²) in [5, 5.41) is 12.2. The summed E-state index contributed by atoms with van der Waals surface area (Å²) >= 11 is 1.39. The first-order valence-corrected chi connectivity index (χ1v) is 25.9. The lowest BCUT2D eigenvalue weighted by molar-refractivity contribution is -0.353. The van der Waals surface area contributed by atoms with Crippen LogP contribution in [0.2, 0.25) is 0 Å². The molecule has 3 aromatic rings. The number of halogens is 6. The summed E-state index contributed by atoms with van der Waals surface area (Å²) in [6, 6.07) is 17.0. The Morgan fingerprint density at radius 1 is 0.894 bits per heavy atom. The highest BCUT2D eigenvalue weighted by Crippen LogP contribution is 2.82. The number of sulfone groups is 1. The second-order valence-electron chi connectivity index (χ2n) is 19.1. The van der Waals surface area contributed by atoms with Gasteiger partial charge < -0.3 is 20.2 Å². The van der Waals surface area contributed by atoms with Crippen LogP contribution < -0.4 is 14.9 Å². The summed E-state index contributed by atoms with van der Waals surface area (Å²) in [6.07, 6.45) is -0.545. The van der Waals surface area contributed by atoms with Gasteiger partial charge in [0.2, 0.25) is 0 Å². The number of carbonyl (C=O) groups excluding carboxylic acids is 1. The van der Waals surface area contributed by atoms with Crippen LogP contribution in [0.1, 0.15) is 69.2 Å². The SMILES string of the molecule is CN(CCO)CC[C@H](CSc1ccccc1)Nc1ccc(S(=O)(=O)NC(=O)c2ccc(N3CCN(CC4=C(C56CC(C(F)(F)F)(C5)C6)CC(C)(C)CC4)CC3)cc2)cc1S(=O)(=O)C(F)(F)F. The molecular weight excluding hydrogens is 929 g/mol. The number of sulfonamides is 1. The molecule has 1 heterocycles. The van der Waals surface area contributed by atoms with Crippen LogP contribution in [0.5, 0.6) is 0 Å². The first-order chi connectivity index (χ1) is 30.9. The summed E-state index contributed by atoms with van der Waals surface area (Å²) < 4.78 is 138. The number of anilines is 2. The third-order valence-electron chi connectivity index (χ3n) is 13.7. The Morgan fingerprint density at radius 3 is 2.15 bits per heavy atom. The molecule has 4 aliphatic carbocycles. The predicted molar refractivity (Wildman–Crippen MR) is 243 cm³/mol. The normalized spacial score (nSPS) is 23.0. The van der Waals surface area contributed by atoms with Crippen LogP contribution >= 0.6 is 11.8 Å². The fourth-order valence-corrected chi connectivity index (χ4v) is 12.9. The minimum atomic E-state index is -6.10. The van der Waals surface area contributed by atoms with Crippen molar-refractivity contribution >= 4 is 48.9 Å². The van der Waals surface area contributed by atoms with Gasteiger partial charge in [-0.25, -0.2) is 21.6 Å². The van der Waals surface area contributed by atoms with Gasteiger partial charge in [0.25, 0.3) is 25.8 Å². The van der Waals surface area contributed by atoms with E-state index in [0.717, 1.165) is 48.5 Å². The minimum Gasteiger partial charge on any atom is -0.395 e. The molecule has 1 saturated heterocycles. The van der Waals surface area contributed by atoms with Crippen LogP contribution in [0.25, 0.3) is 0 Å². The van der Waals surface area contributed by atoms with Gasteiger partial charge in [0.15, 0.2) is 0 Å². The summed E-state index contributed by atoms with van der Waals surface area (Å²) in [5.41, 5.74) is -4.79. The minimum absolute atomic E-state index is 0.0464. The van der Waals surface area contributed by atoms with Crippen molar-refractivity contribution in [1.82, 2.24) is 14.5 Å². The van der Waals surface area contributed by atoms with Gasteiger partial charge in [0, 0.05) is 67.2 Å². The van der Waals surface area contributed by atoms with E-state index in [0.29, 0.717) is 57.5 Å². The Kier molecular flexibility index (Phi) is 14.4. The highest BCUT2D eigenvalue weighted by atomic mass is 32.2. The van der Waals surface area contributed by atoms with Crippen molar-refractivity contribution in [1.29, 1.82) is 0 Å². The third-order valence-corrected chi connectivity index (χ3v) is 17.7. The molecule has 1 amide bonds. The molecule has 0 unspecified atom stereocenters. The number of nitrogens with zero attached hydrogens (tertiary/aromatic N) is 3. The van der Waals surface area contributed by atoms with E-state index in [4.69, 9.17) is 0 Å². The molecule has 0 spiro atoms. The molecule has 0 radical (unpaired) electrons. The Morgan fingerprint density at radius 2 is 1.55 bits per heavy atom. The lowest BCUT2D eigenvalue weighted by Gasteiger charge is -2.72. The fourth-order valence-electron chi connectivity index (χ4n) is 9.90. The van der Waals surface area contributed by atoms with E-state index in [-0.39, 0.29) is 42.3 Å². The molecule has 3 N–H and O–H groups in total. The monoisotopic (exact) mass is 985 g/mol. The number of piperazine rings is 1. The third kappa shape index (κ3) is 10.7. The van der Waals surface area contributed by atoms with Crippen LogP contribution in [-0.4, -0.2) is 121 Å². The fraction of sp³-hybridized carbons (Fsp3) is 0.543. The van der Waals surface area contributed by atoms with Crippen LogP contribution in [0, 0.1) is 16.2 Å².